The van der Waals surface area contributed by atoms with Gasteiger partial charge in [0, 0.05) is 42.1 Å². The van der Waals surface area contributed by atoms with E-state index >= 15 is 0 Å². The van der Waals surface area contributed by atoms with Crippen molar-refractivity contribution < 1.29 is 14.4 Å². The Labute approximate surface area is 133 Å². The van der Waals surface area contributed by atoms with Crippen molar-refractivity contribution in [2.45, 2.75) is 19.8 Å². The van der Waals surface area contributed by atoms with Crippen LogP contribution in [0, 0.1) is 17.0 Å². The Morgan fingerprint density at radius 2 is 2.05 bits per heavy atom. The second-order valence-corrected chi connectivity index (χ2v) is 5.47. The number of ether oxygens (including phenoxy) is 2. The third-order valence-electron chi connectivity index (χ3n) is 2.95. The van der Waals surface area contributed by atoms with Crippen molar-refractivity contribution >= 4 is 27.3 Å². The topological polar surface area (TPSA) is 73.6 Å². The van der Waals surface area contributed by atoms with E-state index in [-0.39, 0.29) is 10.6 Å². The lowest BCUT2D eigenvalue weighted by Gasteiger charge is -2.10. The highest BCUT2D eigenvalue weighted by atomic mass is 79.9. The van der Waals surface area contributed by atoms with Crippen LogP contribution in [0.25, 0.3) is 0 Å². The van der Waals surface area contributed by atoms with Crippen molar-refractivity contribution in [2.24, 2.45) is 0 Å². The molecule has 0 unspecified atom stereocenters. The van der Waals surface area contributed by atoms with Gasteiger partial charge in [-0.15, -0.1) is 0 Å². The summed E-state index contributed by atoms with van der Waals surface area (Å²) in [5, 5.41) is 14.1. The molecule has 0 radical (unpaired) electrons. The van der Waals surface area contributed by atoms with Crippen LogP contribution in [0.15, 0.2) is 16.6 Å². The number of unbranched alkanes of at least 4 members (excludes halogenated alkanes) is 1. The number of hydrogen-bond donors (Lipinski definition) is 1. The number of halogens is 1. The molecule has 0 atom stereocenters. The fraction of sp³-hybridized carbons (Fsp3) is 0.571. The van der Waals surface area contributed by atoms with Crippen molar-refractivity contribution in [1.29, 1.82) is 0 Å². The molecular weight excluding hydrogens is 340 g/mol. The Morgan fingerprint density at radius 1 is 1.29 bits per heavy atom. The molecule has 0 bridgehead atoms. The lowest BCUT2D eigenvalue weighted by Crippen LogP contribution is -2.07. The van der Waals surface area contributed by atoms with E-state index in [1.54, 1.807) is 20.1 Å². The standard InChI is InChI=1S/C14H21BrN2O4/c1-11-9-13(12(15)10-14(11)17(18)19)16-5-3-4-6-21-8-7-20-2/h9-10,16H,3-8H2,1-2H3. The molecule has 1 aromatic rings. The number of methoxy groups -OCH3 is 1. The minimum atomic E-state index is -0.374. The smallest absolute Gasteiger partial charge is 0.273 e. The third kappa shape index (κ3) is 6.41. The van der Waals surface area contributed by atoms with E-state index in [9.17, 15) is 10.1 Å². The second kappa shape index (κ2) is 9.70. The van der Waals surface area contributed by atoms with Gasteiger partial charge in [0.15, 0.2) is 0 Å². The van der Waals surface area contributed by atoms with Crippen LogP contribution in [0.1, 0.15) is 18.4 Å². The summed E-state index contributed by atoms with van der Waals surface area (Å²) >= 11 is 3.36. The molecule has 1 N–H and O–H groups in total. The molecular formula is C14H21BrN2O4. The van der Waals surface area contributed by atoms with Gasteiger partial charge in [-0.25, -0.2) is 0 Å². The molecule has 0 aromatic heterocycles. The summed E-state index contributed by atoms with van der Waals surface area (Å²) < 4.78 is 11.0. The van der Waals surface area contributed by atoms with Gasteiger partial charge < -0.3 is 14.8 Å². The first-order valence-electron chi connectivity index (χ1n) is 6.81. The molecule has 6 nitrogen and oxygen atoms in total. The summed E-state index contributed by atoms with van der Waals surface area (Å²) in [6.45, 7) is 4.48. The van der Waals surface area contributed by atoms with Crippen molar-refractivity contribution in [3.8, 4) is 0 Å². The third-order valence-corrected chi connectivity index (χ3v) is 3.60. The van der Waals surface area contributed by atoms with E-state index in [0.717, 1.165) is 25.1 Å². The lowest BCUT2D eigenvalue weighted by molar-refractivity contribution is -0.385. The van der Waals surface area contributed by atoms with Crippen LogP contribution in [0.5, 0.6) is 0 Å². The van der Waals surface area contributed by atoms with Gasteiger partial charge in [-0.3, -0.25) is 10.1 Å². The van der Waals surface area contributed by atoms with Gasteiger partial charge in [-0.2, -0.15) is 0 Å². The van der Waals surface area contributed by atoms with Gasteiger partial charge in [0.1, 0.15) is 0 Å². The first kappa shape index (κ1) is 17.9. The van der Waals surface area contributed by atoms with E-state index in [1.807, 2.05) is 0 Å². The molecule has 1 aromatic carbocycles. The molecule has 0 aliphatic rings. The van der Waals surface area contributed by atoms with E-state index in [4.69, 9.17) is 9.47 Å². The van der Waals surface area contributed by atoms with Crippen molar-refractivity contribution in [1.82, 2.24) is 0 Å². The van der Waals surface area contributed by atoms with Crippen molar-refractivity contribution in [3.05, 3.63) is 32.3 Å². The molecule has 0 saturated heterocycles. The number of hydrogen-bond acceptors (Lipinski definition) is 5. The zero-order chi connectivity index (χ0) is 15.7. The highest BCUT2D eigenvalue weighted by Crippen LogP contribution is 2.30. The van der Waals surface area contributed by atoms with Crippen LogP contribution in [-0.4, -0.2) is 38.4 Å². The maximum absolute atomic E-state index is 10.8. The van der Waals surface area contributed by atoms with E-state index in [2.05, 4.69) is 21.2 Å². The van der Waals surface area contributed by atoms with Crippen LogP contribution < -0.4 is 5.32 Å². The Balaban J connectivity index is 2.32. The molecule has 0 aliphatic heterocycles. The minimum Gasteiger partial charge on any atom is -0.384 e. The van der Waals surface area contributed by atoms with Crippen LogP contribution >= 0.6 is 15.9 Å². The number of rotatable bonds is 10. The summed E-state index contributed by atoms with van der Waals surface area (Å²) in [6, 6.07) is 3.32. The highest BCUT2D eigenvalue weighted by molar-refractivity contribution is 9.10. The summed E-state index contributed by atoms with van der Waals surface area (Å²) in [5.41, 5.74) is 1.64. The Morgan fingerprint density at radius 3 is 2.71 bits per heavy atom. The van der Waals surface area contributed by atoms with E-state index in [0.29, 0.717) is 29.9 Å². The van der Waals surface area contributed by atoms with Gasteiger partial charge in [0.25, 0.3) is 5.69 Å². The number of nitro groups is 1. The second-order valence-electron chi connectivity index (χ2n) is 4.61. The zero-order valence-electron chi connectivity index (χ0n) is 12.4. The molecule has 0 spiro atoms. The molecule has 7 heteroatoms. The van der Waals surface area contributed by atoms with E-state index < -0.39 is 0 Å². The summed E-state index contributed by atoms with van der Waals surface area (Å²) in [4.78, 5) is 10.5. The SMILES string of the molecule is COCCOCCCCNc1cc(C)c([N+](=O)[O-])cc1Br. The van der Waals surface area contributed by atoms with Gasteiger partial charge in [-0.05, 0) is 41.8 Å². The summed E-state index contributed by atoms with van der Waals surface area (Å²) in [6.07, 6.45) is 1.93. The molecule has 0 saturated carbocycles. The zero-order valence-corrected chi connectivity index (χ0v) is 13.9. The number of nitrogens with zero attached hydrogens (tertiary/aromatic N) is 1. The van der Waals surface area contributed by atoms with Crippen molar-refractivity contribution in [3.63, 3.8) is 0 Å². The van der Waals surface area contributed by atoms with Crippen LogP contribution in [0.4, 0.5) is 11.4 Å². The molecule has 0 aliphatic carbocycles. The maximum atomic E-state index is 10.8. The lowest BCUT2D eigenvalue weighted by atomic mass is 10.2. The average Bonchev–Trinajstić information content (AvgIpc) is 2.44. The van der Waals surface area contributed by atoms with Crippen molar-refractivity contribution in [2.75, 3.05) is 38.8 Å². The van der Waals surface area contributed by atoms with Crippen LogP contribution in [0.2, 0.25) is 0 Å². The molecule has 0 heterocycles. The molecule has 21 heavy (non-hydrogen) atoms. The fourth-order valence-electron chi connectivity index (χ4n) is 1.80. The maximum Gasteiger partial charge on any atom is 0.273 e. The summed E-state index contributed by atoms with van der Waals surface area (Å²) in [7, 11) is 1.65. The molecule has 118 valence electrons. The van der Waals surface area contributed by atoms with Crippen LogP contribution in [-0.2, 0) is 9.47 Å². The minimum absolute atomic E-state index is 0.124. The highest BCUT2D eigenvalue weighted by Gasteiger charge is 2.13. The molecule has 0 fully saturated rings. The largest absolute Gasteiger partial charge is 0.384 e. The van der Waals surface area contributed by atoms with Gasteiger partial charge in [0.2, 0.25) is 0 Å². The van der Waals surface area contributed by atoms with Gasteiger partial charge in [-0.1, -0.05) is 0 Å². The Hall–Kier alpha value is -1.18. The normalized spacial score (nSPS) is 10.6. The Kier molecular flexibility index (Phi) is 8.26. The Bertz CT molecular complexity index is 469. The fourth-order valence-corrected chi connectivity index (χ4v) is 2.27. The number of benzene rings is 1. The van der Waals surface area contributed by atoms with E-state index in [1.165, 1.54) is 6.07 Å². The average molecular weight is 361 g/mol. The molecule has 1 rings (SSSR count). The first-order valence-corrected chi connectivity index (χ1v) is 7.60. The predicted molar refractivity (Wildman–Crippen MR) is 86.0 cm³/mol. The van der Waals surface area contributed by atoms with Crippen LogP contribution in [0.3, 0.4) is 0 Å². The predicted octanol–water partition coefficient (Wildman–Crippen LogP) is 3.52. The quantitative estimate of drug-likeness (QED) is 0.392. The number of aryl methyl sites for hydroxylation is 1. The monoisotopic (exact) mass is 360 g/mol. The number of nitrogens with one attached hydrogen (secondary N) is 1. The molecule has 0 amide bonds. The van der Waals surface area contributed by atoms with Gasteiger partial charge in [0.05, 0.1) is 18.1 Å². The first-order chi connectivity index (χ1) is 10.1. The summed E-state index contributed by atoms with van der Waals surface area (Å²) in [5.74, 6) is 0. The number of anilines is 1. The van der Waals surface area contributed by atoms with Gasteiger partial charge >= 0.3 is 0 Å². The number of nitro benzene ring substituents is 1.